The van der Waals surface area contributed by atoms with Gasteiger partial charge in [0.05, 0.1) is 12.9 Å². The topological polar surface area (TPSA) is 80.6 Å². The van der Waals surface area contributed by atoms with E-state index < -0.39 is 9.05 Å². The Morgan fingerprint density at radius 2 is 2.27 bits per heavy atom. The zero-order valence-electron chi connectivity index (χ0n) is 7.46. The summed E-state index contributed by atoms with van der Waals surface area (Å²) in [6.07, 6.45) is 6.04. The van der Waals surface area contributed by atoms with E-state index in [0.29, 0.717) is 12.4 Å². The Morgan fingerprint density at radius 3 is 2.80 bits per heavy atom. The van der Waals surface area contributed by atoms with E-state index in [1.54, 1.807) is 17.0 Å². The molecule has 2 aromatic rings. The zero-order chi connectivity index (χ0) is 10.9. The molecule has 0 aliphatic rings. The summed E-state index contributed by atoms with van der Waals surface area (Å²) in [7, 11) is 1.38. The molecule has 0 saturated heterocycles. The number of aromatic nitrogens is 4. The molecule has 0 aromatic carbocycles. The van der Waals surface area contributed by atoms with E-state index in [1.165, 1.54) is 12.5 Å². The van der Waals surface area contributed by atoms with Gasteiger partial charge < -0.3 is 9.55 Å². The van der Waals surface area contributed by atoms with Gasteiger partial charge in [0.2, 0.25) is 0 Å². The van der Waals surface area contributed by atoms with E-state index in [4.69, 9.17) is 10.7 Å². The number of aromatic amines is 1. The monoisotopic (exact) mass is 246 g/mol. The maximum atomic E-state index is 10.9. The first kappa shape index (κ1) is 10.2. The van der Waals surface area contributed by atoms with Gasteiger partial charge in [0.1, 0.15) is 5.82 Å². The van der Waals surface area contributed by atoms with E-state index in [1.807, 2.05) is 0 Å². The van der Waals surface area contributed by atoms with Crippen LogP contribution in [0.15, 0.2) is 29.9 Å². The average Bonchev–Trinajstić information content (AvgIpc) is 2.73. The maximum absolute atomic E-state index is 10.9. The summed E-state index contributed by atoms with van der Waals surface area (Å²) in [5.41, 5.74) is 0. The third-order valence-electron chi connectivity index (χ3n) is 1.75. The fraction of sp³-hybridized carbons (Fsp3) is 0.143. The Kier molecular flexibility index (Phi) is 2.49. The minimum atomic E-state index is -3.75. The van der Waals surface area contributed by atoms with Crippen molar-refractivity contribution in [2.24, 2.45) is 0 Å². The van der Waals surface area contributed by atoms with Gasteiger partial charge in [-0.3, -0.25) is 0 Å². The molecule has 0 fully saturated rings. The molecule has 2 rings (SSSR count). The summed E-state index contributed by atoms with van der Waals surface area (Å²) in [5, 5.41) is -0.157. The van der Waals surface area contributed by atoms with Gasteiger partial charge in [0.15, 0.2) is 5.03 Å². The number of hydrogen-bond donors (Lipinski definition) is 1. The molecule has 0 aliphatic heterocycles. The highest BCUT2D eigenvalue weighted by atomic mass is 35.7. The van der Waals surface area contributed by atoms with Gasteiger partial charge in [-0.15, -0.1) is 0 Å². The van der Waals surface area contributed by atoms with Crippen molar-refractivity contribution in [3.8, 4) is 0 Å². The van der Waals surface area contributed by atoms with Crippen LogP contribution in [0.4, 0.5) is 0 Å². The summed E-state index contributed by atoms with van der Waals surface area (Å²) in [6.45, 7) is 0.423. The minimum absolute atomic E-state index is 0.157. The predicted octanol–water partition coefficient (Wildman–Crippen LogP) is 0.582. The fourth-order valence-electron chi connectivity index (χ4n) is 1.11. The Hall–Kier alpha value is -1.34. The van der Waals surface area contributed by atoms with Crippen LogP contribution >= 0.6 is 10.7 Å². The lowest BCUT2D eigenvalue weighted by molar-refractivity contribution is 0.606. The Bertz CT molecular complexity index is 545. The molecule has 0 radical (unpaired) electrons. The van der Waals surface area contributed by atoms with Crippen LogP contribution in [0.25, 0.3) is 0 Å². The largest absolute Gasteiger partial charge is 0.347 e. The van der Waals surface area contributed by atoms with Crippen LogP contribution in [0, 0.1) is 0 Å². The molecule has 0 saturated carbocycles. The predicted molar refractivity (Wildman–Crippen MR) is 53.0 cm³/mol. The molecule has 0 aliphatic carbocycles. The highest BCUT2D eigenvalue weighted by Crippen LogP contribution is 2.11. The molecule has 8 heteroatoms. The van der Waals surface area contributed by atoms with Crippen molar-refractivity contribution in [1.29, 1.82) is 0 Å². The molecular weight excluding hydrogens is 240 g/mol. The van der Waals surface area contributed by atoms with Crippen LogP contribution in [0.3, 0.4) is 0 Å². The third kappa shape index (κ3) is 2.37. The first-order valence-corrected chi connectivity index (χ1v) is 6.31. The van der Waals surface area contributed by atoms with Crippen LogP contribution in [0.1, 0.15) is 5.82 Å². The Morgan fingerprint density at radius 1 is 1.47 bits per heavy atom. The highest BCUT2D eigenvalue weighted by molar-refractivity contribution is 8.13. The Labute approximate surface area is 90.4 Å². The first-order chi connectivity index (χ1) is 7.05. The van der Waals surface area contributed by atoms with Gasteiger partial charge in [-0.25, -0.2) is 18.4 Å². The zero-order valence-corrected chi connectivity index (χ0v) is 9.03. The molecule has 6 nitrogen and oxygen atoms in total. The van der Waals surface area contributed by atoms with Crippen LogP contribution in [-0.2, 0) is 15.6 Å². The van der Waals surface area contributed by atoms with Gasteiger partial charge in [-0.2, -0.15) is 0 Å². The van der Waals surface area contributed by atoms with Crippen molar-refractivity contribution >= 4 is 19.7 Å². The van der Waals surface area contributed by atoms with Crippen molar-refractivity contribution in [1.82, 2.24) is 19.5 Å². The molecule has 15 heavy (non-hydrogen) atoms. The van der Waals surface area contributed by atoms with Gasteiger partial charge in [0, 0.05) is 29.3 Å². The van der Waals surface area contributed by atoms with Crippen LogP contribution in [0.2, 0.25) is 0 Å². The molecule has 0 amide bonds. The molecule has 0 spiro atoms. The lowest BCUT2D eigenvalue weighted by Crippen LogP contribution is -1.98. The molecule has 2 heterocycles. The number of nitrogens with zero attached hydrogens (tertiary/aromatic N) is 3. The number of H-pyrrole nitrogens is 1. The summed E-state index contributed by atoms with van der Waals surface area (Å²) >= 11 is 0. The number of imidazole rings is 2. The standard InChI is InChI=1S/C7H7ClN4O2S/c8-15(13,14)7-4-12(5-11-7)3-6-9-1-2-10-6/h1-2,4-5H,3H2,(H,9,10). The molecule has 0 bridgehead atoms. The maximum Gasteiger partial charge on any atom is 0.280 e. The second-order valence-corrected chi connectivity index (χ2v) is 5.37. The van der Waals surface area contributed by atoms with Crippen LogP contribution in [-0.4, -0.2) is 27.9 Å². The number of halogens is 1. The van der Waals surface area contributed by atoms with Gasteiger partial charge in [0.25, 0.3) is 9.05 Å². The molecule has 2 aromatic heterocycles. The minimum Gasteiger partial charge on any atom is -0.347 e. The highest BCUT2D eigenvalue weighted by Gasteiger charge is 2.13. The number of rotatable bonds is 3. The number of hydrogen-bond acceptors (Lipinski definition) is 4. The van der Waals surface area contributed by atoms with E-state index in [2.05, 4.69) is 15.0 Å². The van der Waals surface area contributed by atoms with Crippen molar-refractivity contribution in [2.75, 3.05) is 0 Å². The second kappa shape index (κ2) is 3.67. The van der Waals surface area contributed by atoms with Gasteiger partial charge in [-0.05, 0) is 0 Å². The summed E-state index contributed by atoms with van der Waals surface area (Å²) in [4.78, 5) is 10.6. The van der Waals surface area contributed by atoms with Crippen molar-refractivity contribution < 1.29 is 8.42 Å². The lowest BCUT2D eigenvalue weighted by atomic mass is 10.6. The van der Waals surface area contributed by atoms with E-state index in [-0.39, 0.29) is 5.03 Å². The van der Waals surface area contributed by atoms with Gasteiger partial charge >= 0.3 is 0 Å². The van der Waals surface area contributed by atoms with Gasteiger partial charge in [-0.1, -0.05) is 0 Å². The van der Waals surface area contributed by atoms with Crippen molar-refractivity contribution in [2.45, 2.75) is 11.6 Å². The number of nitrogens with one attached hydrogen (secondary N) is 1. The third-order valence-corrected chi connectivity index (χ3v) is 2.93. The molecule has 0 unspecified atom stereocenters. The molecule has 1 N–H and O–H groups in total. The molecule has 80 valence electrons. The Balaban J connectivity index is 2.22. The van der Waals surface area contributed by atoms with Crippen LogP contribution < -0.4 is 0 Å². The fourth-order valence-corrected chi connectivity index (χ4v) is 1.78. The molecule has 0 atom stereocenters. The SMILES string of the molecule is O=S(=O)(Cl)c1cn(Cc2ncc[nH]2)cn1. The quantitative estimate of drug-likeness (QED) is 0.804. The normalized spacial score (nSPS) is 11.8. The lowest BCUT2D eigenvalue weighted by Gasteiger charge is -1.96. The molecular formula is C7H7ClN4O2S. The smallest absolute Gasteiger partial charge is 0.280 e. The summed E-state index contributed by atoms with van der Waals surface area (Å²) < 4.78 is 23.4. The average molecular weight is 247 g/mol. The van der Waals surface area contributed by atoms with E-state index >= 15 is 0 Å². The van der Waals surface area contributed by atoms with Crippen LogP contribution in [0.5, 0.6) is 0 Å². The van der Waals surface area contributed by atoms with E-state index in [9.17, 15) is 8.42 Å². The van der Waals surface area contributed by atoms with Crippen molar-refractivity contribution in [3.63, 3.8) is 0 Å². The second-order valence-electron chi connectivity index (χ2n) is 2.86. The first-order valence-electron chi connectivity index (χ1n) is 4.00. The van der Waals surface area contributed by atoms with Crippen molar-refractivity contribution in [3.05, 3.63) is 30.7 Å². The van der Waals surface area contributed by atoms with E-state index in [0.717, 1.165) is 0 Å². The summed E-state index contributed by atoms with van der Waals surface area (Å²) in [6, 6.07) is 0. The summed E-state index contributed by atoms with van der Waals surface area (Å²) in [5.74, 6) is 0.714.